The molecule has 0 aliphatic carbocycles. The molecule has 2 aromatic heterocycles. The van der Waals surface area contributed by atoms with Gasteiger partial charge >= 0.3 is 0 Å². The molecule has 0 saturated carbocycles. The first-order valence-electron chi connectivity index (χ1n) is 6.44. The van der Waals surface area contributed by atoms with Gasteiger partial charge in [0.25, 0.3) is 0 Å². The van der Waals surface area contributed by atoms with Gasteiger partial charge in [-0.25, -0.2) is 4.98 Å². The van der Waals surface area contributed by atoms with Crippen molar-refractivity contribution in [1.29, 1.82) is 0 Å². The van der Waals surface area contributed by atoms with Crippen molar-refractivity contribution in [2.45, 2.75) is 20.4 Å². The summed E-state index contributed by atoms with van der Waals surface area (Å²) in [5, 5.41) is 5.28. The Kier molecular flexibility index (Phi) is 3.02. The van der Waals surface area contributed by atoms with Crippen molar-refractivity contribution < 1.29 is 4.42 Å². The normalized spacial score (nSPS) is 10.9. The van der Waals surface area contributed by atoms with Crippen LogP contribution in [-0.4, -0.2) is 9.97 Å². The first-order chi connectivity index (χ1) is 9.65. The predicted molar refractivity (Wildman–Crippen MR) is 79.5 cm³/mol. The highest BCUT2D eigenvalue weighted by Gasteiger charge is 2.08. The van der Waals surface area contributed by atoms with Gasteiger partial charge < -0.3 is 15.5 Å². The highest BCUT2D eigenvalue weighted by atomic mass is 16.4. The maximum absolute atomic E-state index is 6.18. The first kappa shape index (κ1) is 12.5. The van der Waals surface area contributed by atoms with Gasteiger partial charge in [-0.2, -0.15) is 0 Å². The van der Waals surface area contributed by atoms with Gasteiger partial charge in [0, 0.05) is 23.2 Å². The molecule has 2 heterocycles. The van der Waals surface area contributed by atoms with Crippen LogP contribution in [0.3, 0.4) is 0 Å². The van der Waals surface area contributed by atoms with Crippen molar-refractivity contribution in [3.8, 4) is 0 Å². The number of aryl methyl sites for hydroxylation is 2. The lowest BCUT2D eigenvalue weighted by Crippen LogP contribution is -2.03. The van der Waals surface area contributed by atoms with Gasteiger partial charge in [-0.1, -0.05) is 6.07 Å². The smallest absolute Gasteiger partial charge is 0.213 e. The maximum atomic E-state index is 6.18. The fourth-order valence-corrected chi connectivity index (χ4v) is 2.13. The number of benzene rings is 1. The van der Waals surface area contributed by atoms with Gasteiger partial charge in [-0.05, 0) is 26.0 Å². The lowest BCUT2D eigenvalue weighted by molar-refractivity contribution is 0.478. The van der Waals surface area contributed by atoms with Crippen molar-refractivity contribution >= 4 is 22.1 Å². The molecule has 5 nitrogen and oxygen atoms in total. The van der Waals surface area contributed by atoms with E-state index in [2.05, 4.69) is 15.3 Å². The summed E-state index contributed by atoms with van der Waals surface area (Å²) in [6.45, 7) is 4.35. The van der Waals surface area contributed by atoms with Crippen molar-refractivity contribution in [2.75, 3.05) is 11.1 Å². The minimum atomic E-state index is 0.509. The summed E-state index contributed by atoms with van der Waals surface area (Å²) < 4.78 is 5.54. The van der Waals surface area contributed by atoms with Gasteiger partial charge in [0.15, 0.2) is 0 Å². The number of nitrogens with zero attached hydrogens (tertiary/aromatic N) is 2. The Labute approximate surface area is 116 Å². The molecule has 3 rings (SSSR count). The average molecular weight is 268 g/mol. The number of fused-ring (bicyclic) bond motifs is 1. The quantitative estimate of drug-likeness (QED) is 0.714. The number of hydrogen-bond donors (Lipinski definition) is 2. The number of pyridine rings is 1. The SMILES string of the molecule is Cc1nc(CNc2ccc3cnccc3c2N)oc1C. The molecule has 0 saturated heterocycles. The number of nitrogens with one attached hydrogen (secondary N) is 1. The number of nitrogens with two attached hydrogens (primary N) is 1. The van der Waals surface area contributed by atoms with E-state index in [1.165, 1.54) is 0 Å². The average Bonchev–Trinajstić information content (AvgIpc) is 2.77. The molecule has 0 aliphatic heterocycles. The maximum Gasteiger partial charge on any atom is 0.213 e. The van der Waals surface area contributed by atoms with Crippen molar-refractivity contribution in [3.05, 3.63) is 47.9 Å². The van der Waals surface area contributed by atoms with Gasteiger partial charge in [-0.3, -0.25) is 4.98 Å². The number of anilines is 2. The molecule has 3 N–H and O–H groups in total. The van der Waals surface area contributed by atoms with Crippen LogP contribution in [0, 0.1) is 13.8 Å². The summed E-state index contributed by atoms with van der Waals surface area (Å²) in [6.07, 6.45) is 3.54. The number of nitrogen functional groups attached to an aromatic ring is 1. The molecule has 0 fully saturated rings. The van der Waals surface area contributed by atoms with Crippen molar-refractivity contribution in [2.24, 2.45) is 0 Å². The number of hydrogen-bond acceptors (Lipinski definition) is 5. The molecular weight excluding hydrogens is 252 g/mol. The molecule has 1 aromatic carbocycles. The second kappa shape index (κ2) is 4.85. The molecule has 3 aromatic rings. The molecule has 0 spiro atoms. The fourth-order valence-electron chi connectivity index (χ4n) is 2.13. The van der Waals surface area contributed by atoms with E-state index in [0.717, 1.165) is 27.9 Å². The van der Waals surface area contributed by atoms with Crippen LogP contribution in [0.25, 0.3) is 10.8 Å². The van der Waals surface area contributed by atoms with Gasteiger partial charge in [0.05, 0.1) is 23.6 Å². The molecule has 20 heavy (non-hydrogen) atoms. The molecule has 102 valence electrons. The van der Waals surface area contributed by atoms with E-state index in [1.807, 2.05) is 32.0 Å². The largest absolute Gasteiger partial charge is 0.444 e. The van der Waals surface area contributed by atoms with E-state index in [1.54, 1.807) is 12.4 Å². The van der Waals surface area contributed by atoms with E-state index in [9.17, 15) is 0 Å². The zero-order valence-corrected chi connectivity index (χ0v) is 11.5. The Balaban J connectivity index is 1.86. The Bertz CT molecular complexity index is 744. The van der Waals surface area contributed by atoms with Gasteiger partial charge in [0.1, 0.15) is 5.76 Å². The van der Waals surface area contributed by atoms with Crippen LogP contribution in [0.5, 0.6) is 0 Å². The van der Waals surface area contributed by atoms with E-state index in [0.29, 0.717) is 18.1 Å². The number of oxazole rings is 1. The topological polar surface area (TPSA) is 77.0 Å². The Hall–Kier alpha value is -2.56. The Morgan fingerprint density at radius 1 is 1.25 bits per heavy atom. The molecule has 0 aliphatic rings. The number of rotatable bonds is 3. The van der Waals surface area contributed by atoms with Crippen molar-refractivity contribution in [1.82, 2.24) is 9.97 Å². The monoisotopic (exact) mass is 268 g/mol. The van der Waals surface area contributed by atoms with Crippen LogP contribution >= 0.6 is 0 Å². The summed E-state index contributed by atoms with van der Waals surface area (Å²) in [5.41, 5.74) is 8.68. The minimum Gasteiger partial charge on any atom is -0.444 e. The molecule has 0 unspecified atom stereocenters. The molecule has 0 atom stereocenters. The fraction of sp³-hybridized carbons (Fsp3) is 0.200. The third-order valence-electron chi connectivity index (χ3n) is 3.36. The minimum absolute atomic E-state index is 0.509. The van der Waals surface area contributed by atoms with Crippen LogP contribution in [0.15, 0.2) is 35.0 Å². The van der Waals surface area contributed by atoms with Gasteiger partial charge in [-0.15, -0.1) is 0 Å². The summed E-state index contributed by atoms with van der Waals surface area (Å²) >= 11 is 0. The summed E-state index contributed by atoms with van der Waals surface area (Å²) in [7, 11) is 0. The number of aromatic nitrogens is 2. The van der Waals surface area contributed by atoms with E-state index in [4.69, 9.17) is 10.2 Å². The zero-order chi connectivity index (χ0) is 14.1. The van der Waals surface area contributed by atoms with Crippen LogP contribution in [0.4, 0.5) is 11.4 Å². The Morgan fingerprint density at radius 2 is 2.10 bits per heavy atom. The first-order valence-corrected chi connectivity index (χ1v) is 6.44. The third kappa shape index (κ3) is 2.18. The lowest BCUT2D eigenvalue weighted by atomic mass is 10.1. The highest BCUT2D eigenvalue weighted by Crippen LogP contribution is 2.28. The van der Waals surface area contributed by atoms with Crippen LogP contribution in [0.2, 0.25) is 0 Å². The molecule has 0 amide bonds. The second-order valence-electron chi connectivity index (χ2n) is 4.73. The van der Waals surface area contributed by atoms with E-state index in [-0.39, 0.29) is 0 Å². The molecule has 0 bridgehead atoms. The summed E-state index contributed by atoms with van der Waals surface area (Å²) in [6, 6.07) is 5.85. The molecule has 5 heteroatoms. The van der Waals surface area contributed by atoms with Crippen molar-refractivity contribution in [3.63, 3.8) is 0 Å². The molecular formula is C15H16N4O. The zero-order valence-electron chi connectivity index (χ0n) is 11.5. The second-order valence-corrected chi connectivity index (χ2v) is 4.73. The molecule has 0 radical (unpaired) electrons. The van der Waals surface area contributed by atoms with Crippen LogP contribution in [0.1, 0.15) is 17.3 Å². The van der Waals surface area contributed by atoms with E-state index < -0.39 is 0 Å². The van der Waals surface area contributed by atoms with Gasteiger partial charge in [0.2, 0.25) is 5.89 Å². The Morgan fingerprint density at radius 3 is 2.85 bits per heavy atom. The van der Waals surface area contributed by atoms with Crippen LogP contribution < -0.4 is 11.1 Å². The highest BCUT2D eigenvalue weighted by molar-refractivity contribution is 5.98. The third-order valence-corrected chi connectivity index (χ3v) is 3.36. The predicted octanol–water partition coefficient (Wildman–Crippen LogP) is 3.03. The summed E-state index contributed by atoms with van der Waals surface area (Å²) in [5.74, 6) is 1.51. The lowest BCUT2D eigenvalue weighted by Gasteiger charge is -2.10. The van der Waals surface area contributed by atoms with E-state index >= 15 is 0 Å². The van der Waals surface area contributed by atoms with Crippen LogP contribution in [-0.2, 0) is 6.54 Å². The summed E-state index contributed by atoms with van der Waals surface area (Å²) in [4.78, 5) is 8.43. The standard InChI is InChI=1S/C15H16N4O/c1-9-10(2)20-14(19-9)8-18-13-4-3-11-7-17-6-5-12(11)15(13)16/h3-7,18H,8,16H2,1-2H3.